The molecule has 0 atom stereocenters. The average Bonchev–Trinajstić information content (AvgIpc) is 2.23. The van der Waals surface area contributed by atoms with E-state index in [1.807, 2.05) is 0 Å². The molecule has 0 aliphatic rings. The van der Waals surface area contributed by atoms with E-state index in [1.165, 1.54) is 22.3 Å². The van der Waals surface area contributed by atoms with Crippen LogP contribution < -0.4 is 9.05 Å². The van der Waals surface area contributed by atoms with E-state index in [0.717, 1.165) is 98.8 Å². The maximum absolute atomic E-state index is 7.57. The molecule has 0 aliphatic heterocycles. The van der Waals surface area contributed by atoms with Crippen molar-refractivity contribution >= 4 is 81.9 Å². The van der Waals surface area contributed by atoms with E-state index in [4.69, 9.17) is 25.8 Å². The van der Waals surface area contributed by atoms with Gasteiger partial charge in [-0.15, -0.1) is 0 Å². The molecule has 442 valence electrons. The van der Waals surface area contributed by atoms with Crippen molar-refractivity contribution in [3.05, 3.63) is 166 Å². The highest BCUT2D eigenvalue weighted by Gasteiger charge is 2.33. The zero-order chi connectivity index (χ0) is 61.4. The van der Waals surface area contributed by atoms with E-state index in [0.29, 0.717) is 11.5 Å². The molecule has 6 nitrogen and oxygen atoms in total. The van der Waals surface area contributed by atoms with Crippen LogP contribution in [0.3, 0.4) is 0 Å². The second-order valence-corrected chi connectivity index (χ2v) is 33.9. The van der Waals surface area contributed by atoms with Gasteiger partial charge in [0.15, 0.2) is 0 Å². The summed E-state index contributed by atoms with van der Waals surface area (Å²) in [5.74, 6) is 1.19. The van der Waals surface area contributed by atoms with E-state index in [1.54, 1.807) is 0 Å². The Hall–Kier alpha value is -6.32. The summed E-state index contributed by atoms with van der Waals surface area (Å²) >= 11 is 0. The molecule has 2 aromatic heterocycles. The van der Waals surface area contributed by atoms with Crippen LogP contribution in [0.5, 0.6) is 11.5 Å². The molecule has 10 rings (SSSR count). The second-order valence-electron chi connectivity index (χ2n) is 31.9. The van der Waals surface area contributed by atoms with Gasteiger partial charge in [0.2, 0.25) is 0 Å². The zero-order valence-electron chi connectivity index (χ0n) is 54.9. The highest BCUT2D eigenvalue weighted by molar-refractivity contribution is 7.32. The lowest BCUT2D eigenvalue weighted by Crippen LogP contribution is -2.17. The van der Waals surface area contributed by atoms with Crippen molar-refractivity contribution < 1.29 is 25.8 Å². The minimum atomic E-state index is -2.18. The fourth-order valence-electron chi connectivity index (χ4n) is 11.4. The monoisotopic (exact) mass is 1160 g/mol. The van der Waals surface area contributed by atoms with Crippen molar-refractivity contribution in [2.75, 3.05) is 0 Å². The molecule has 10 aromatic rings. The molecule has 0 aliphatic carbocycles. The van der Waals surface area contributed by atoms with Crippen molar-refractivity contribution in [1.82, 2.24) is 0 Å². The standard InChI is InChI=1S/C76H92O6P2/c1-69(2,3)47-37-53-54-38-48(70(4,5)6)42-58(74(16,17)18)66(54)80-83(79-65(53)57(41-47)73(13,14)15)77-61-35-33-45-29-25-27-31-51(45)63(61)64-52-32-28-26-30-46(52)34-36-62(64)78-84-81-67-55(39-49(71(7,8)9)43-59(67)75(19,20)21)56-40-50(72(10,11)12)44-60(68(56)82-84)76(22,23)24/h25-44H,1-24H3. The molecule has 0 radical (unpaired) electrons. The van der Waals surface area contributed by atoms with E-state index < -0.39 is 16.5 Å². The summed E-state index contributed by atoms with van der Waals surface area (Å²) in [5, 5.41) is 8.11. The lowest BCUT2D eigenvalue weighted by Gasteiger charge is -2.27. The Morgan fingerprint density at radius 1 is 0.262 bits per heavy atom. The van der Waals surface area contributed by atoms with Gasteiger partial charge in [-0.05, 0) is 124 Å². The van der Waals surface area contributed by atoms with Crippen molar-refractivity contribution in [3.63, 3.8) is 0 Å². The molecule has 0 N–H and O–H groups in total. The molecule has 8 heteroatoms. The molecule has 0 saturated heterocycles. The fourth-order valence-corrected chi connectivity index (χ4v) is 13.6. The maximum atomic E-state index is 7.57. The summed E-state index contributed by atoms with van der Waals surface area (Å²) in [7, 11) is -4.36. The summed E-state index contributed by atoms with van der Waals surface area (Å²) in [6, 6.07) is 44.2. The molecule has 0 bridgehead atoms. The Morgan fingerprint density at radius 3 is 0.726 bits per heavy atom. The van der Waals surface area contributed by atoms with Crippen LogP contribution in [0.1, 0.15) is 211 Å². The van der Waals surface area contributed by atoms with Crippen LogP contribution in [0.25, 0.3) is 76.5 Å². The zero-order valence-corrected chi connectivity index (χ0v) is 56.7. The molecule has 0 amide bonds. The fraction of sp³-hybridized carbons (Fsp3) is 0.421. The predicted molar refractivity (Wildman–Crippen MR) is 361 cm³/mol. The van der Waals surface area contributed by atoms with Crippen LogP contribution in [0.15, 0.2) is 138 Å². The van der Waals surface area contributed by atoms with Crippen LogP contribution in [0.2, 0.25) is 0 Å². The van der Waals surface area contributed by atoms with Gasteiger partial charge in [0.25, 0.3) is 0 Å². The lowest BCUT2D eigenvalue weighted by atomic mass is 9.77. The third-order valence-electron chi connectivity index (χ3n) is 16.7. The quantitative estimate of drug-likeness (QED) is 0.171. The van der Waals surface area contributed by atoms with E-state index in [-0.39, 0.29) is 43.3 Å². The Labute approximate surface area is 503 Å². The second kappa shape index (κ2) is 20.7. The lowest BCUT2D eigenvalue weighted by molar-refractivity contribution is 0.484. The summed E-state index contributed by atoms with van der Waals surface area (Å²) in [5.41, 5.74) is 12.3. The Morgan fingerprint density at radius 2 is 0.500 bits per heavy atom. The summed E-state index contributed by atoms with van der Waals surface area (Å²) in [6.07, 6.45) is 0. The third kappa shape index (κ3) is 11.7. The van der Waals surface area contributed by atoms with Gasteiger partial charge in [0.05, 0.1) is 0 Å². The molecular formula is C76H92O6P2. The molecule has 0 spiro atoms. The minimum absolute atomic E-state index is 0.146. The van der Waals surface area contributed by atoms with Crippen LogP contribution >= 0.6 is 16.5 Å². The largest absolute Gasteiger partial charge is 0.453 e. The number of hydrogen-bond donors (Lipinski definition) is 0. The highest BCUT2D eigenvalue weighted by atomic mass is 31.1. The number of fused-ring (bicyclic) bond motifs is 8. The van der Waals surface area contributed by atoms with Crippen LogP contribution in [0.4, 0.5) is 0 Å². The Bertz CT molecular complexity index is 3850. The van der Waals surface area contributed by atoms with Gasteiger partial charge in [0, 0.05) is 54.9 Å². The molecule has 0 fully saturated rings. The summed E-state index contributed by atoms with van der Waals surface area (Å²) < 4.78 is 45.0. The first kappa shape index (κ1) is 60.8. The molecule has 8 aromatic carbocycles. The smallest absolute Gasteiger partial charge is 0.390 e. The first-order chi connectivity index (χ1) is 38.7. The van der Waals surface area contributed by atoms with Gasteiger partial charge in [-0.1, -0.05) is 251 Å². The van der Waals surface area contributed by atoms with Crippen molar-refractivity contribution in [3.8, 4) is 22.6 Å². The topological polar surface area (TPSA) is 71.0 Å². The van der Waals surface area contributed by atoms with Crippen LogP contribution in [-0.2, 0) is 43.3 Å². The Balaban J connectivity index is 1.32. The summed E-state index contributed by atoms with van der Waals surface area (Å²) in [6.45, 7) is 54.7. The van der Waals surface area contributed by atoms with Gasteiger partial charge in [-0.25, -0.2) is 0 Å². The number of rotatable bonds is 5. The number of benzene rings is 8. The maximum Gasteiger partial charge on any atom is 0.453 e. The molecule has 2 heterocycles. The van der Waals surface area contributed by atoms with Gasteiger partial charge >= 0.3 is 16.5 Å². The van der Waals surface area contributed by atoms with E-state index in [2.05, 4.69) is 287 Å². The van der Waals surface area contributed by atoms with Crippen molar-refractivity contribution in [2.24, 2.45) is 0 Å². The van der Waals surface area contributed by atoms with Crippen LogP contribution in [-0.4, -0.2) is 0 Å². The normalized spacial score (nSPS) is 13.5. The molecule has 0 saturated carbocycles. The molecular weight excluding hydrogens is 1070 g/mol. The molecule has 0 unspecified atom stereocenters. The van der Waals surface area contributed by atoms with E-state index >= 15 is 0 Å². The highest BCUT2D eigenvalue weighted by Crippen LogP contribution is 2.54. The van der Waals surface area contributed by atoms with Crippen molar-refractivity contribution in [1.29, 1.82) is 0 Å². The first-order valence-electron chi connectivity index (χ1n) is 30.2. The van der Waals surface area contributed by atoms with Gasteiger partial charge in [-0.2, -0.15) is 0 Å². The SMILES string of the molecule is CC(C)(C)c1cc(C(C)(C)C)c2op(Oc3ccc4ccccc4c3-c3c(Op4oc5c(C(C)(C)C)cc(C(C)(C)C)cc5c5cc(C(C)(C)C)cc(C(C)(C)C)c5o4)ccc4ccccc34)oc3c(C(C)(C)C)cc(C(C)(C)C)cc3c2c1. The third-order valence-corrected chi connectivity index (χ3v) is 18.7. The van der Waals surface area contributed by atoms with Gasteiger partial charge in [0.1, 0.15) is 33.8 Å². The van der Waals surface area contributed by atoms with Gasteiger partial charge in [-0.3, -0.25) is 0 Å². The minimum Gasteiger partial charge on any atom is -0.390 e. The average molecular weight is 1160 g/mol. The summed E-state index contributed by atoms with van der Waals surface area (Å²) in [4.78, 5) is 0. The Kier molecular flexibility index (Phi) is 15.0. The van der Waals surface area contributed by atoms with Gasteiger partial charge < -0.3 is 25.8 Å². The predicted octanol–water partition coefficient (Wildman–Crippen LogP) is 24.9. The molecule has 84 heavy (non-hydrogen) atoms. The van der Waals surface area contributed by atoms with E-state index in [9.17, 15) is 0 Å². The first-order valence-corrected chi connectivity index (χ1v) is 32.4. The van der Waals surface area contributed by atoms with Crippen LogP contribution in [0, 0.1) is 0 Å². The van der Waals surface area contributed by atoms with Crippen molar-refractivity contribution in [2.45, 2.75) is 209 Å². The number of hydrogen-bond acceptors (Lipinski definition) is 6.